The lowest BCUT2D eigenvalue weighted by Gasteiger charge is -2.34. The Balaban J connectivity index is 1.63. The quantitative estimate of drug-likeness (QED) is 0.798. The Hall–Kier alpha value is -1.16. The van der Waals surface area contributed by atoms with Gasteiger partial charge in [0.25, 0.3) is 0 Å². The SMILES string of the molecule is c1nc(N2CCCC3(CC3)C2)c2c3c(sc2n1)CCCC3. The van der Waals surface area contributed by atoms with E-state index in [2.05, 4.69) is 9.88 Å². The van der Waals surface area contributed by atoms with Gasteiger partial charge in [-0.1, -0.05) is 0 Å². The van der Waals surface area contributed by atoms with Crippen molar-refractivity contribution >= 4 is 27.4 Å². The Labute approximate surface area is 129 Å². The average molecular weight is 299 g/mol. The van der Waals surface area contributed by atoms with Crippen molar-refractivity contribution in [1.82, 2.24) is 9.97 Å². The minimum Gasteiger partial charge on any atom is -0.355 e. The Morgan fingerprint density at radius 3 is 2.86 bits per heavy atom. The number of anilines is 1. The van der Waals surface area contributed by atoms with Crippen molar-refractivity contribution in [2.45, 2.75) is 51.4 Å². The monoisotopic (exact) mass is 299 g/mol. The first-order valence-corrected chi connectivity index (χ1v) is 9.17. The summed E-state index contributed by atoms with van der Waals surface area (Å²) in [5.41, 5.74) is 2.22. The zero-order chi connectivity index (χ0) is 13.9. The highest BCUT2D eigenvalue weighted by atomic mass is 32.1. The number of thiophene rings is 1. The van der Waals surface area contributed by atoms with Gasteiger partial charge >= 0.3 is 0 Å². The number of fused-ring (bicyclic) bond motifs is 3. The summed E-state index contributed by atoms with van der Waals surface area (Å²) in [6.45, 7) is 2.40. The second-order valence-corrected chi connectivity index (χ2v) is 8.20. The van der Waals surface area contributed by atoms with Crippen molar-refractivity contribution in [1.29, 1.82) is 0 Å². The molecule has 0 radical (unpaired) electrons. The van der Waals surface area contributed by atoms with Gasteiger partial charge in [0.1, 0.15) is 17.0 Å². The molecule has 3 nitrogen and oxygen atoms in total. The minimum atomic E-state index is 0.644. The molecule has 2 aromatic heterocycles. The Morgan fingerprint density at radius 1 is 1.05 bits per heavy atom. The van der Waals surface area contributed by atoms with Crippen LogP contribution in [0.4, 0.5) is 5.82 Å². The molecular weight excluding hydrogens is 278 g/mol. The minimum absolute atomic E-state index is 0.644. The van der Waals surface area contributed by atoms with Crippen molar-refractivity contribution in [2.24, 2.45) is 5.41 Å². The molecule has 1 saturated carbocycles. The average Bonchev–Trinajstić information content (AvgIpc) is 3.14. The third kappa shape index (κ3) is 1.91. The van der Waals surface area contributed by atoms with Crippen LogP contribution in [0.25, 0.3) is 10.2 Å². The number of hydrogen-bond donors (Lipinski definition) is 0. The van der Waals surface area contributed by atoms with Gasteiger partial charge < -0.3 is 4.90 Å². The molecule has 0 amide bonds. The van der Waals surface area contributed by atoms with Gasteiger partial charge in [-0.25, -0.2) is 9.97 Å². The fraction of sp³-hybridized carbons (Fsp3) is 0.647. The van der Waals surface area contributed by atoms with Crippen LogP contribution in [-0.2, 0) is 12.8 Å². The van der Waals surface area contributed by atoms with Gasteiger partial charge in [0.05, 0.1) is 5.39 Å². The van der Waals surface area contributed by atoms with E-state index in [0.29, 0.717) is 5.41 Å². The molecule has 4 heteroatoms. The lowest BCUT2D eigenvalue weighted by atomic mass is 9.94. The molecule has 3 heterocycles. The highest BCUT2D eigenvalue weighted by Crippen LogP contribution is 2.53. The molecule has 110 valence electrons. The highest BCUT2D eigenvalue weighted by molar-refractivity contribution is 7.19. The maximum atomic E-state index is 4.73. The number of nitrogens with zero attached hydrogens (tertiary/aromatic N) is 3. The zero-order valence-corrected chi connectivity index (χ0v) is 13.2. The van der Waals surface area contributed by atoms with Crippen LogP contribution < -0.4 is 4.90 Å². The molecule has 0 unspecified atom stereocenters. The lowest BCUT2D eigenvalue weighted by molar-refractivity contribution is 0.394. The van der Waals surface area contributed by atoms with Gasteiger partial charge in [-0.05, 0) is 62.3 Å². The number of rotatable bonds is 1. The Kier molecular flexibility index (Phi) is 2.61. The molecular formula is C17H21N3S. The summed E-state index contributed by atoms with van der Waals surface area (Å²) in [4.78, 5) is 14.7. The second-order valence-electron chi connectivity index (χ2n) is 7.11. The Morgan fingerprint density at radius 2 is 1.95 bits per heavy atom. The van der Waals surface area contributed by atoms with Crippen LogP contribution in [0.15, 0.2) is 6.33 Å². The summed E-state index contributed by atoms with van der Waals surface area (Å²) in [7, 11) is 0. The molecule has 5 rings (SSSR count). The topological polar surface area (TPSA) is 29.0 Å². The zero-order valence-electron chi connectivity index (χ0n) is 12.4. The fourth-order valence-corrected chi connectivity index (χ4v) is 5.51. The van der Waals surface area contributed by atoms with E-state index in [1.807, 2.05) is 11.3 Å². The van der Waals surface area contributed by atoms with E-state index < -0.39 is 0 Å². The maximum absolute atomic E-state index is 4.73. The fourth-order valence-electron chi connectivity index (χ4n) is 4.29. The first kappa shape index (κ1) is 12.4. The third-order valence-corrected chi connectivity index (χ3v) is 6.85. The van der Waals surface area contributed by atoms with Crippen molar-refractivity contribution in [3.63, 3.8) is 0 Å². The summed E-state index contributed by atoms with van der Waals surface area (Å²) >= 11 is 1.92. The molecule has 2 aromatic rings. The molecule has 0 aromatic carbocycles. The number of aryl methyl sites for hydroxylation is 2. The molecule has 3 aliphatic rings. The van der Waals surface area contributed by atoms with E-state index in [1.165, 1.54) is 80.5 Å². The molecule has 1 saturated heterocycles. The van der Waals surface area contributed by atoms with Crippen LogP contribution in [0.2, 0.25) is 0 Å². The van der Waals surface area contributed by atoms with E-state index in [-0.39, 0.29) is 0 Å². The predicted molar refractivity (Wildman–Crippen MR) is 87.2 cm³/mol. The van der Waals surface area contributed by atoms with Gasteiger partial charge in [0, 0.05) is 18.0 Å². The van der Waals surface area contributed by atoms with E-state index >= 15 is 0 Å². The van der Waals surface area contributed by atoms with Crippen molar-refractivity contribution < 1.29 is 0 Å². The highest BCUT2D eigenvalue weighted by Gasteiger charge is 2.46. The molecule has 2 aliphatic carbocycles. The van der Waals surface area contributed by atoms with Crippen LogP contribution in [-0.4, -0.2) is 23.1 Å². The van der Waals surface area contributed by atoms with Gasteiger partial charge in [0.15, 0.2) is 0 Å². The molecule has 1 spiro atoms. The molecule has 0 bridgehead atoms. The molecule has 21 heavy (non-hydrogen) atoms. The van der Waals surface area contributed by atoms with Crippen LogP contribution in [0.5, 0.6) is 0 Å². The number of aromatic nitrogens is 2. The van der Waals surface area contributed by atoms with Gasteiger partial charge in [-0.3, -0.25) is 0 Å². The normalized spacial score (nSPS) is 23.5. The summed E-state index contributed by atoms with van der Waals surface area (Å²) in [6.07, 6.45) is 12.6. The summed E-state index contributed by atoms with van der Waals surface area (Å²) in [6, 6.07) is 0. The van der Waals surface area contributed by atoms with E-state index in [1.54, 1.807) is 16.8 Å². The maximum Gasteiger partial charge on any atom is 0.141 e. The van der Waals surface area contributed by atoms with E-state index in [0.717, 1.165) is 0 Å². The standard InChI is InChI=1S/C17H21N3S/c1-2-5-13-12(4-1)14-15(18-11-19-16(14)21-13)20-9-3-6-17(10-20)7-8-17/h11H,1-10H2. The molecule has 1 aliphatic heterocycles. The smallest absolute Gasteiger partial charge is 0.141 e. The van der Waals surface area contributed by atoms with Crippen molar-refractivity contribution in [3.05, 3.63) is 16.8 Å². The molecule has 0 atom stereocenters. The molecule has 0 N–H and O–H groups in total. The Bertz CT molecular complexity index is 701. The van der Waals surface area contributed by atoms with Crippen LogP contribution in [0, 0.1) is 5.41 Å². The van der Waals surface area contributed by atoms with Crippen LogP contribution in [0.1, 0.15) is 49.0 Å². The summed E-state index contributed by atoms with van der Waals surface area (Å²) < 4.78 is 0. The number of hydrogen-bond acceptors (Lipinski definition) is 4. The summed E-state index contributed by atoms with van der Waals surface area (Å²) in [5.74, 6) is 1.24. The lowest BCUT2D eigenvalue weighted by Crippen LogP contribution is -2.37. The van der Waals surface area contributed by atoms with Crippen LogP contribution >= 0.6 is 11.3 Å². The molecule has 2 fully saturated rings. The predicted octanol–water partition coefficient (Wildman–Crippen LogP) is 3.95. The summed E-state index contributed by atoms with van der Waals surface area (Å²) in [5, 5.41) is 1.40. The largest absolute Gasteiger partial charge is 0.355 e. The first-order chi connectivity index (χ1) is 10.3. The third-order valence-electron chi connectivity index (χ3n) is 5.65. The van der Waals surface area contributed by atoms with Gasteiger partial charge in [-0.15, -0.1) is 11.3 Å². The first-order valence-electron chi connectivity index (χ1n) is 8.35. The van der Waals surface area contributed by atoms with E-state index in [9.17, 15) is 0 Å². The van der Waals surface area contributed by atoms with Crippen molar-refractivity contribution in [2.75, 3.05) is 18.0 Å². The van der Waals surface area contributed by atoms with Gasteiger partial charge in [0.2, 0.25) is 0 Å². The number of piperidine rings is 1. The van der Waals surface area contributed by atoms with Crippen molar-refractivity contribution in [3.8, 4) is 0 Å². The second kappa shape index (κ2) is 4.42. The van der Waals surface area contributed by atoms with E-state index in [4.69, 9.17) is 4.98 Å². The van der Waals surface area contributed by atoms with Crippen LogP contribution in [0.3, 0.4) is 0 Å². The van der Waals surface area contributed by atoms with Gasteiger partial charge in [-0.2, -0.15) is 0 Å².